The lowest BCUT2D eigenvalue weighted by Gasteiger charge is -2.21. The molecule has 0 saturated carbocycles. The van der Waals surface area contributed by atoms with Crippen LogP contribution in [-0.4, -0.2) is 19.5 Å². The maximum absolute atomic E-state index is 6.36. The number of rotatable bonds is 5. The van der Waals surface area contributed by atoms with E-state index in [2.05, 4.69) is 182 Å². The molecule has 0 unspecified atom stereocenters. The van der Waals surface area contributed by atoms with E-state index in [1.54, 1.807) is 0 Å². The highest BCUT2D eigenvalue weighted by atomic mass is 16.3. The number of furan rings is 1. The monoisotopic (exact) mass is 756 g/mol. The van der Waals surface area contributed by atoms with Gasteiger partial charge in [-0.1, -0.05) is 135 Å². The SMILES string of the molecule is CC1(C)c2ccccc2-c2ccc(-c3nc(-c4ccccc4)nc(-c4ccc5c(c4)c4ccccc4n5-c4ccc5oc6ccc(-c7ccccc7)cc6c5c4)n3)cc21. The Morgan fingerprint density at radius 1 is 0.390 bits per heavy atom. The minimum absolute atomic E-state index is 0.139. The molecular formula is C54H36N4O. The Kier molecular flexibility index (Phi) is 7.20. The highest BCUT2D eigenvalue weighted by molar-refractivity contribution is 6.12. The number of benzene rings is 8. The fraction of sp³-hybridized carbons (Fsp3) is 0.0556. The van der Waals surface area contributed by atoms with Gasteiger partial charge in [-0.3, -0.25) is 0 Å². The Bertz CT molecular complexity index is 3470. The smallest absolute Gasteiger partial charge is 0.164 e. The second-order valence-corrected chi connectivity index (χ2v) is 16.0. The topological polar surface area (TPSA) is 56.7 Å². The van der Waals surface area contributed by atoms with E-state index < -0.39 is 0 Å². The normalized spacial score (nSPS) is 13.1. The van der Waals surface area contributed by atoms with Gasteiger partial charge >= 0.3 is 0 Å². The summed E-state index contributed by atoms with van der Waals surface area (Å²) < 4.78 is 8.71. The first-order valence-electron chi connectivity index (χ1n) is 20.1. The number of para-hydroxylation sites is 1. The third-order valence-electron chi connectivity index (χ3n) is 12.3. The standard InChI is InChI=1S/C54H36N4O/c1-54(2)45-19-11-9-17-39(45)40-25-21-37(31-46(40)54)53-56-51(34-15-7-4-8-16-34)55-52(57-53)36-22-26-48-42(30-36)41-18-10-12-20-47(41)58(48)38-24-28-50-44(32-38)43-29-35(23-27-49(43)59-50)33-13-5-3-6-14-33/h3-32H,1-2H3. The van der Waals surface area contributed by atoms with E-state index in [9.17, 15) is 0 Å². The number of aromatic nitrogens is 4. The lowest BCUT2D eigenvalue weighted by Crippen LogP contribution is -2.15. The van der Waals surface area contributed by atoms with Crippen LogP contribution in [0.1, 0.15) is 25.0 Å². The Balaban J connectivity index is 1.01. The van der Waals surface area contributed by atoms with Gasteiger partial charge in [-0.05, 0) is 94.0 Å². The molecular weight excluding hydrogens is 721 g/mol. The van der Waals surface area contributed by atoms with Crippen LogP contribution in [0, 0.1) is 0 Å². The summed E-state index contributed by atoms with van der Waals surface area (Å²) in [5.74, 6) is 1.94. The summed E-state index contributed by atoms with van der Waals surface area (Å²) in [6.45, 7) is 4.61. The van der Waals surface area contributed by atoms with Crippen molar-refractivity contribution in [1.29, 1.82) is 0 Å². The van der Waals surface area contributed by atoms with Gasteiger partial charge in [-0.2, -0.15) is 0 Å². The van der Waals surface area contributed by atoms with Gasteiger partial charge in [0.2, 0.25) is 0 Å². The van der Waals surface area contributed by atoms with E-state index >= 15 is 0 Å². The molecule has 0 radical (unpaired) electrons. The number of hydrogen-bond donors (Lipinski definition) is 0. The Labute approximate surface area is 340 Å². The van der Waals surface area contributed by atoms with Gasteiger partial charge in [0.1, 0.15) is 11.2 Å². The van der Waals surface area contributed by atoms with Crippen molar-refractivity contribution in [1.82, 2.24) is 19.5 Å². The molecule has 12 rings (SSSR count). The summed E-state index contributed by atoms with van der Waals surface area (Å²) in [5.41, 5.74) is 15.3. The summed E-state index contributed by atoms with van der Waals surface area (Å²) in [5, 5.41) is 4.47. The first-order valence-corrected chi connectivity index (χ1v) is 20.1. The maximum Gasteiger partial charge on any atom is 0.164 e. The molecule has 0 fully saturated rings. The highest BCUT2D eigenvalue weighted by Gasteiger charge is 2.35. The molecule has 0 aliphatic heterocycles. The fourth-order valence-corrected chi connectivity index (χ4v) is 9.30. The lowest BCUT2D eigenvalue weighted by molar-refractivity contribution is 0.660. The number of fused-ring (bicyclic) bond motifs is 9. The molecule has 59 heavy (non-hydrogen) atoms. The molecule has 3 heterocycles. The molecule has 1 aliphatic rings. The Morgan fingerprint density at radius 2 is 0.949 bits per heavy atom. The van der Waals surface area contributed by atoms with Crippen LogP contribution in [0.15, 0.2) is 186 Å². The molecule has 0 saturated heterocycles. The van der Waals surface area contributed by atoms with Gasteiger partial charge in [0.15, 0.2) is 17.5 Å². The van der Waals surface area contributed by atoms with Crippen molar-refractivity contribution in [3.8, 4) is 62.1 Å². The first-order chi connectivity index (χ1) is 29.0. The third kappa shape index (κ3) is 5.21. The molecule has 1 aliphatic carbocycles. The summed E-state index contributed by atoms with van der Waals surface area (Å²) >= 11 is 0. The van der Waals surface area contributed by atoms with Crippen LogP contribution in [0.4, 0.5) is 0 Å². The largest absolute Gasteiger partial charge is 0.456 e. The van der Waals surface area contributed by atoms with Crippen LogP contribution in [0.3, 0.4) is 0 Å². The fourth-order valence-electron chi connectivity index (χ4n) is 9.30. The van der Waals surface area contributed by atoms with Crippen molar-refractivity contribution < 1.29 is 4.42 Å². The van der Waals surface area contributed by atoms with E-state index in [4.69, 9.17) is 19.4 Å². The van der Waals surface area contributed by atoms with Crippen molar-refractivity contribution >= 4 is 43.7 Å². The second kappa shape index (κ2) is 12.7. The van der Waals surface area contributed by atoms with Gasteiger partial charge in [0.05, 0.1) is 11.0 Å². The van der Waals surface area contributed by atoms with Crippen molar-refractivity contribution in [2.45, 2.75) is 19.3 Å². The summed E-state index contributed by atoms with van der Waals surface area (Å²) in [4.78, 5) is 15.5. The molecule has 0 spiro atoms. The molecule has 3 aromatic heterocycles. The number of nitrogens with zero attached hydrogens (tertiary/aromatic N) is 4. The van der Waals surface area contributed by atoms with E-state index in [-0.39, 0.29) is 5.41 Å². The Hall–Kier alpha value is -7.63. The van der Waals surface area contributed by atoms with Crippen molar-refractivity contribution in [3.05, 3.63) is 193 Å². The van der Waals surface area contributed by atoms with Gasteiger partial charge in [0, 0.05) is 49.3 Å². The van der Waals surface area contributed by atoms with Crippen LogP contribution < -0.4 is 0 Å². The van der Waals surface area contributed by atoms with Crippen LogP contribution in [0.2, 0.25) is 0 Å². The highest BCUT2D eigenvalue weighted by Crippen LogP contribution is 2.49. The van der Waals surface area contributed by atoms with E-state index in [1.807, 2.05) is 18.2 Å². The molecule has 0 bridgehead atoms. The zero-order chi connectivity index (χ0) is 39.2. The zero-order valence-corrected chi connectivity index (χ0v) is 32.5. The van der Waals surface area contributed by atoms with Gasteiger partial charge in [-0.25, -0.2) is 15.0 Å². The molecule has 278 valence electrons. The van der Waals surface area contributed by atoms with Crippen molar-refractivity contribution in [3.63, 3.8) is 0 Å². The molecule has 0 amide bonds. The van der Waals surface area contributed by atoms with Crippen LogP contribution in [0.5, 0.6) is 0 Å². The predicted octanol–water partition coefficient (Wildman–Crippen LogP) is 13.8. The molecule has 0 N–H and O–H groups in total. The summed E-state index contributed by atoms with van der Waals surface area (Å²) in [6.07, 6.45) is 0. The van der Waals surface area contributed by atoms with Crippen molar-refractivity contribution in [2.75, 3.05) is 0 Å². The summed E-state index contributed by atoms with van der Waals surface area (Å²) in [6, 6.07) is 64.3. The maximum atomic E-state index is 6.36. The average Bonchev–Trinajstić information content (AvgIpc) is 3.91. The third-order valence-corrected chi connectivity index (χ3v) is 12.3. The van der Waals surface area contributed by atoms with E-state index in [0.29, 0.717) is 17.5 Å². The van der Waals surface area contributed by atoms with E-state index in [1.165, 1.54) is 27.8 Å². The lowest BCUT2D eigenvalue weighted by atomic mass is 9.82. The Morgan fingerprint density at radius 3 is 1.75 bits per heavy atom. The van der Waals surface area contributed by atoms with Crippen LogP contribution in [0.25, 0.3) is 106 Å². The quantitative estimate of drug-likeness (QED) is 0.175. The summed E-state index contributed by atoms with van der Waals surface area (Å²) in [7, 11) is 0. The van der Waals surface area contributed by atoms with E-state index in [0.717, 1.165) is 71.7 Å². The number of hydrogen-bond acceptors (Lipinski definition) is 4. The molecule has 0 atom stereocenters. The average molecular weight is 757 g/mol. The minimum Gasteiger partial charge on any atom is -0.456 e. The molecule has 8 aromatic carbocycles. The molecule has 5 heteroatoms. The van der Waals surface area contributed by atoms with Gasteiger partial charge in [0.25, 0.3) is 0 Å². The first kappa shape index (κ1) is 33.5. The van der Waals surface area contributed by atoms with Crippen LogP contribution >= 0.6 is 0 Å². The predicted molar refractivity (Wildman–Crippen MR) is 241 cm³/mol. The van der Waals surface area contributed by atoms with Crippen molar-refractivity contribution in [2.24, 2.45) is 0 Å². The van der Waals surface area contributed by atoms with Gasteiger partial charge in [-0.15, -0.1) is 0 Å². The minimum atomic E-state index is -0.139. The van der Waals surface area contributed by atoms with Gasteiger partial charge < -0.3 is 8.98 Å². The van der Waals surface area contributed by atoms with Crippen LogP contribution in [-0.2, 0) is 5.41 Å². The zero-order valence-electron chi connectivity index (χ0n) is 32.5. The molecule has 11 aromatic rings. The second-order valence-electron chi connectivity index (χ2n) is 16.0. The molecule has 5 nitrogen and oxygen atoms in total.